The predicted molar refractivity (Wildman–Crippen MR) is 90.8 cm³/mol. The van der Waals surface area contributed by atoms with Gasteiger partial charge < -0.3 is 14.8 Å². The summed E-state index contributed by atoms with van der Waals surface area (Å²) in [6.07, 6.45) is -0.576. The molecule has 0 aromatic heterocycles. The number of carbonyl (C=O) groups excluding carboxylic acids is 1. The quantitative estimate of drug-likeness (QED) is 0.885. The van der Waals surface area contributed by atoms with Crippen LogP contribution >= 0.6 is 0 Å². The third-order valence-electron chi connectivity index (χ3n) is 3.73. The minimum Gasteiger partial charge on any atom is -0.496 e. The van der Waals surface area contributed by atoms with Crippen LogP contribution in [-0.4, -0.2) is 19.1 Å². The van der Waals surface area contributed by atoms with E-state index in [1.165, 1.54) is 0 Å². The molecule has 1 N–H and O–H groups in total. The smallest absolute Gasteiger partial charge is 0.261 e. The maximum Gasteiger partial charge on any atom is 0.261 e. The molecule has 1 amide bonds. The summed E-state index contributed by atoms with van der Waals surface area (Å²) in [6, 6.07) is 15.1. The van der Waals surface area contributed by atoms with Gasteiger partial charge in [-0.3, -0.25) is 4.79 Å². The van der Waals surface area contributed by atoms with E-state index in [0.717, 1.165) is 22.6 Å². The first kappa shape index (κ1) is 16.9. The van der Waals surface area contributed by atoms with Gasteiger partial charge in [-0.15, -0.1) is 0 Å². The summed E-state index contributed by atoms with van der Waals surface area (Å²) in [4.78, 5) is 12.4. The molecule has 2 aromatic carbocycles. The number of benzene rings is 2. The summed E-state index contributed by atoms with van der Waals surface area (Å²) in [5.41, 5.74) is 1.94. The molecule has 0 saturated carbocycles. The number of nitrogens with one attached hydrogen (secondary N) is 1. The van der Waals surface area contributed by atoms with Crippen molar-refractivity contribution in [2.45, 2.75) is 32.9 Å². The number of rotatable bonds is 6. The Kier molecular flexibility index (Phi) is 5.63. The maximum absolute atomic E-state index is 12.4. The first-order chi connectivity index (χ1) is 11.0. The molecule has 0 aliphatic heterocycles. The van der Waals surface area contributed by atoms with E-state index in [0.29, 0.717) is 0 Å². The van der Waals surface area contributed by atoms with Crippen LogP contribution in [0, 0.1) is 6.92 Å². The maximum atomic E-state index is 12.4. The Morgan fingerprint density at radius 2 is 1.61 bits per heavy atom. The first-order valence-electron chi connectivity index (χ1n) is 7.68. The van der Waals surface area contributed by atoms with Crippen LogP contribution in [-0.2, 0) is 4.79 Å². The lowest BCUT2D eigenvalue weighted by Gasteiger charge is -2.21. The van der Waals surface area contributed by atoms with E-state index in [4.69, 9.17) is 9.47 Å². The van der Waals surface area contributed by atoms with E-state index in [-0.39, 0.29) is 11.9 Å². The van der Waals surface area contributed by atoms with Crippen LogP contribution in [0.1, 0.15) is 31.0 Å². The fraction of sp³-hybridized carbons (Fsp3) is 0.316. The van der Waals surface area contributed by atoms with Gasteiger partial charge in [0.05, 0.1) is 13.2 Å². The van der Waals surface area contributed by atoms with Gasteiger partial charge in [0, 0.05) is 5.56 Å². The molecule has 0 heterocycles. The van der Waals surface area contributed by atoms with E-state index in [9.17, 15) is 4.79 Å². The average Bonchev–Trinajstić information content (AvgIpc) is 2.56. The molecule has 2 rings (SSSR count). The predicted octanol–water partition coefficient (Wildman–Crippen LogP) is 3.65. The van der Waals surface area contributed by atoms with Crippen LogP contribution in [0.2, 0.25) is 0 Å². The van der Waals surface area contributed by atoms with Crippen LogP contribution < -0.4 is 14.8 Å². The standard InChI is InChI=1S/C19H23NO3/c1-13-9-5-7-11-17(13)23-15(3)19(21)20-14(2)16-10-6-8-12-18(16)22-4/h5-12,14-15H,1-4H3,(H,20,21)/t14-,15+/m1/s1. The van der Waals surface area contributed by atoms with Crippen LogP contribution in [0.3, 0.4) is 0 Å². The first-order valence-corrected chi connectivity index (χ1v) is 7.68. The number of hydrogen-bond acceptors (Lipinski definition) is 3. The Labute approximate surface area is 137 Å². The fourth-order valence-electron chi connectivity index (χ4n) is 2.37. The van der Waals surface area contributed by atoms with Gasteiger partial charge in [-0.2, -0.15) is 0 Å². The molecule has 0 radical (unpaired) electrons. The van der Waals surface area contributed by atoms with Crippen molar-refractivity contribution in [1.29, 1.82) is 0 Å². The Hall–Kier alpha value is -2.49. The fourth-order valence-corrected chi connectivity index (χ4v) is 2.37. The van der Waals surface area contributed by atoms with Gasteiger partial charge in [0.15, 0.2) is 6.10 Å². The van der Waals surface area contributed by atoms with Crippen LogP contribution in [0.4, 0.5) is 0 Å². The van der Waals surface area contributed by atoms with Gasteiger partial charge in [0.1, 0.15) is 11.5 Å². The number of ether oxygens (including phenoxy) is 2. The van der Waals surface area contributed by atoms with Crippen LogP contribution in [0.25, 0.3) is 0 Å². The topological polar surface area (TPSA) is 47.6 Å². The van der Waals surface area contributed by atoms with Crippen molar-refractivity contribution in [3.05, 3.63) is 59.7 Å². The number of amides is 1. The zero-order valence-corrected chi connectivity index (χ0v) is 14.0. The highest BCUT2D eigenvalue weighted by Gasteiger charge is 2.19. The molecule has 2 atom stereocenters. The highest BCUT2D eigenvalue weighted by atomic mass is 16.5. The van der Waals surface area contributed by atoms with E-state index >= 15 is 0 Å². The molecule has 0 saturated heterocycles. The molecule has 0 fully saturated rings. The average molecular weight is 313 g/mol. The van der Waals surface area contributed by atoms with Crippen molar-refractivity contribution in [2.24, 2.45) is 0 Å². The molecule has 4 nitrogen and oxygen atoms in total. The summed E-state index contributed by atoms with van der Waals surface area (Å²) in [7, 11) is 1.62. The summed E-state index contributed by atoms with van der Waals surface area (Å²) in [6.45, 7) is 5.63. The number of methoxy groups -OCH3 is 1. The molecular formula is C19H23NO3. The van der Waals surface area contributed by atoms with Crippen molar-refractivity contribution >= 4 is 5.91 Å². The molecule has 122 valence electrons. The number of aryl methyl sites for hydroxylation is 1. The molecule has 2 aromatic rings. The minimum absolute atomic E-state index is 0.161. The van der Waals surface area contributed by atoms with E-state index < -0.39 is 6.10 Å². The Bertz CT molecular complexity index is 669. The van der Waals surface area contributed by atoms with Gasteiger partial charge in [-0.05, 0) is 38.5 Å². The Morgan fingerprint density at radius 1 is 1.00 bits per heavy atom. The molecule has 23 heavy (non-hydrogen) atoms. The second-order valence-electron chi connectivity index (χ2n) is 5.50. The third-order valence-corrected chi connectivity index (χ3v) is 3.73. The van der Waals surface area contributed by atoms with Gasteiger partial charge in [0.25, 0.3) is 5.91 Å². The van der Waals surface area contributed by atoms with Crippen molar-refractivity contribution in [2.75, 3.05) is 7.11 Å². The number of hydrogen-bond donors (Lipinski definition) is 1. The van der Waals surface area contributed by atoms with Gasteiger partial charge in [0.2, 0.25) is 0 Å². The second-order valence-corrected chi connectivity index (χ2v) is 5.50. The van der Waals surface area contributed by atoms with Crippen LogP contribution in [0.15, 0.2) is 48.5 Å². The molecular weight excluding hydrogens is 290 g/mol. The highest BCUT2D eigenvalue weighted by molar-refractivity contribution is 5.81. The van der Waals surface area contributed by atoms with Gasteiger partial charge in [-0.25, -0.2) is 0 Å². The Balaban J connectivity index is 2.02. The van der Waals surface area contributed by atoms with Crippen molar-refractivity contribution in [3.63, 3.8) is 0 Å². The monoisotopic (exact) mass is 313 g/mol. The zero-order chi connectivity index (χ0) is 16.8. The van der Waals surface area contributed by atoms with E-state index in [2.05, 4.69) is 5.32 Å². The zero-order valence-electron chi connectivity index (χ0n) is 14.0. The summed E-state index contributed by atoms with van der Waals surface area (Å²) >= 11 is 0. The van der Waals surface area contributed by atoms with E-state index in [1.54, 1.807) is 14.0 Å². The summed E-state index contributed by atoms with van der Waals surface area (Å²) in [5, 5.41) is 2.97. The lowest BCUT2D eigenvalue weighted by Crippen LogP contribution is -2.38. The van der Waals surface area contributed by atoms with E-state index in [1.807, 2.05) is 62.4 Å². The number of carbonyl (C=O) groups is 1. The number of para-hydroxylation sites is 2. The molecule has 0 spiro atoms. The largest absolute Gasteiger partial charge is 0.496 e. The molecule has 0 bridgehead atoms. The molecule has 0 aliphatic rings. The normalized spacial score (nSPS) is 13.0. The SMILES string of the molecule is COc1ccccc1[C@@H](C)NC(=O)[C@H](C)Oc1ccccc1C. The molecule has 4 heteroatoms. The van der Waals surface area contributed by atoms with Gasteiger partial charge >= 0.3 is 0 Å². The Morgan fingerprint density at radius 3 is 2.26 bits per heavy atom. The lowest BCUT2D eigenvalue weighted by atomic mass is 10.1. The summed E-state index contributed by atoms with van der Waals surface area (Å²) < 4.78 is 11.1. The lowest BCUT2D eigenvalue weighted by molar-refractivity contribution is -0.127. The van der Waals surface area contributed by atoms with Gasteiger partial charge in [-0.1, -0.05) is 36.4 Å². The highest BCUT2D eigenvalue weighted by Crippen LogP contribution is 2.24. The van der Waals surface area contributed by atoms with Crippen molar-refractivity contribution in [3.8, 4) is 11.5 Å². The minimum atomic E-state index is -0.576. The molecule has 0 aliphatic carbocycles. The van der Waals surface area contributed by atoms with Crippen molar-refractivity contribution in [1.82, 2.24) is 5.32 Å². The third kappa shape index (κ3) is 4.25. The second kappa shape index (κ2) is 7.68. The van der Waals surface area contributed by atoms with Crippen molar-refractivity contribution < 1.29 is 14.3 Å². The summed E-state index contributed by atoms with van der Waals surface area (Å²) in [5.74, 6) is 1.32. The molecule has 0 unspecified atom stereocenters. The van der Waals surface area contributed by atoms with Crippen LogP contribution in [0.5, 0.6) is 11.5 Å².